The van der Waals surface area contributed by atoms with E-state index in [9.17, 15) is 18.8 Å². The van der Waals surface area contributed by atoms with E-state index in [2.05, 4.69) is 17.0 Å². The molecule has 1 N–H and O–H groups in total. The molecule has 0 bridgehead atoms. The SMILES string of the molecule is CC1CCCCC1NC(=O)C(C#N)=Cc1ccc(OC(F)F)cc1. The highest BCUT2D eigenvalue weighted by Crippen LogP contribution is 2.24. The molecule has 1 amide bonds. The van der Waals surface area contributed by atoms with E-state index < -0.39 is 12.5 Å². The molecule has 1 fully saturated rings. The van der Waals surface area contributed by atoms with Crippen molar-refractivity contribution in [3.8, 4) is 11.8 Å². The third-order valence-corrected chi connectivity index (χ3v) is 4.21. The second-order valence-corrected chi connectivity index (χ2v) is 5.96. The Morgan fingerprint density at radius 1 is 1.33 bits per heavy atom. The van der Waals surface area contributed by atoms with Gasteiger partial charge in [-0.05, 0) is 42.5 Å². The van der Waals surface area contributed by atoms with Crippen LogP contribution in [0.15, 0.2) is 29.8 Å². The Kier molecular flexibility index (Phi) is 6.30. The number of rotatable bonds is 5. The molecule has 0 aliphatic heterocycles. The van der Waals surface area contributed by atoms with Gasteiger partial charge in [0.05, 0.1) is 0 Å². The van der Waals surface area contributed by atoms with E-state index in [0.717, 1.165) is 19.3 Å². The normalized spacial score (nSPS) is 21.2. The molecule has 0 radical (unpaired) electrons. The summed E-state index contributed by atoms with van der Waals surface area (Å²) in [7, 11) is 0. The number of benzene rings is 1. The second-order valence-electron chi connectivity index (χ2n) is 5.96. The average molecular weight is 334 g/mol. The highest BCUT2D eigenvalue weighted by molar-refractivity contribution is 6.01. The molecule has 1 aliphatic carbocycles. The third-order valence-electron chi connectivity index (χ3n) is 4.21. The molecule has 1 aromatic carbocycles. The van der Waals surface area contributed by atoms with Crippen molar-refractivity contribution in [2.24, 2.45) is 5.92 Å². The predicted octanol–water partition coefficient (Wildman–Crippen LogP) is 3.89. The van der Waals surface area contributed by atoms with Gasteiger partial charge >= 0.3 is 6.61 Å². The fourth-order valence-electron chi connectivity index (χ4n) is 2.84. The molecule has 4 nitrogen and oxygen atoms in total. The zero-order valence-electron chi connectivity index (χ0n) is 13.5. The van der Waals surface area contributed by atoms with Crippen molar-refractivity contribution in [3.63, 3.8) is 0 Å². The zero-order valence-corrected chi connectivity index (χ0v) is 13.5. The smallest absolute Gasteiger partial charge is 0.387 e. The summed E-state index contributed by atoms with van der Waals surface area (Å²) in [6.07, 6.45) is 5.68. The lowest BCUT2D eigenvalue weighted by atomic mass is 9.86. The molecule has 1 saturated carbocycles. The van der Waals surface area contributed by atoms with Gasteiger partial charge in [-0.25, -0.2) is 0 Å². The molecule has 0 saturated heterocycles. The maximum Gasteiger partial charge on any atom is 0.387 e. The van der Waals surface area contributed by atoms with Crippen molar-refractivity contribution in [1.29, 1.82) is 5.26 Å². The van der Waals surface area contributed by atoms with Gasteiger partial charge in [0.1, 0.15) is 17.4 Å². The lowest BCUT2D eigenvalue weighted by Crippen LogP contribution is -2.41. The van der Waals surface area contributed by atoms with Crippen LogP contribution in [0.5, 0.6) is 5.75 Å². The fourth-order valence-corrected chi connectivity index (χ4v) is 2.84. The number of amides is 1. The van der Waals surface area contributed by atoms with Gasteiger partial charge in [-0.1, -0.05) is 31.9 Å². The number of ether oxygens (including phenoxy) is 1. The van der Waals surface area contributed by atoms with Crippen molar-refractivity contribution >= 4 is 12.0 Å². The number of carbonyl (C=O) groups is 1. The number of halogens is 2. The van der Waals surface area contributed by atoms with Crippen molar-refractivity contribution in [3.05, 3.63) is 35.4 Å². The van der Waals surface area contributed by atoms with Crippen molar-refractivity contribution in [1.82, 2.24) is 5.32 Å². The molecular formula is C18H20F2N2O2. The summed E-state index contributed by atoms with van der Waals surface area (Å²) in [5.74, 6) is 0.0266. The van der Waals surface area contributed by atoms with Gasteiger partial charge in [0.2, 0.25) is 0 Å². The zero-order chi connectivity index (χ0) is 17.5. The minimum Gasteiger partial charge on any atom is -0.435 e. The quantitative estimate of drug-likeness (QED) is 0.656. The molecule has 6 heteroatoms. The molecule has 128 valence electrons. The second kappa shape index (κ2) is 8.44. The lowest BCUT2D eigenvalue weighted by Gasteiger charge is -2.29. The first-order valence-electron chi connectivity index (χ1n) is 7.97. The van der Waals surface area contributed by atoms with Crippen LogP contribution in [0.1, 0.15) is 38.2 Å². The van der Waals surface area contributed by atoms with Crippen molar-refractivity contribution < 1.29 is 18.3 Å². The number of hydrogen-bond donors (Lipinski definition) is 1. The molecule has 1 aromatic rings. The maximum absolute atomic E-state index is 12.3. The van der Waals surface area contributed by atoms with Crippen molar-refractivity contribution in [2.45, 2.75) is 45.3 Å². The van der Waals surface area contributed by atoms with Gasteiger partial charge in [-0.15, -0.1) is 0 Å². The van der Waals surface area contributed by atoms with Crippen LogP contribution in [0.25, 0.3) is 6.08 Å². The van der Waals surface area contributed by atoms with E-state index in [1.807, 2.05) is 6.07 Å². The Labute approximate surface area is 140 Å². The first-order chi connectivity index (χ1) is 11.5. The number of nitrogens with one attached hydrogen (secondary N) is 1. The molecule has 2 atom stereocenters. The minimum absolute atomic E-state index is 0.00435. The standard InChI is InChI=1S/C18H20F2N2O2/c1-12-4-2-3-5-16(12)22-17(23)14(11-21)10-13-6-8-15(9-7-13)24-18(19)20/h6-10,12,16,18H,2-5H2,1H3,(H,22,23). The Morgan fingerprint density at radius 3 is 2.58 bits per heavy atom. The molecule has 24 heavy (non-hydrogen) atoms. The van der Waals surface area contributed by atoms with Gasteiger partial charge in [0.15, 0.2) is 0 Å². The van der Waals surface area contributed by atoms with Gasteiger partial charge < -0.3 is 10.1 Å². The first kappa shape index (κ1) is 17.9. The fraction of sp³-hybridized carbons (Fsp3) is 0.444. The molecule has 2 unspecified atom stereocenters. The maximum atomic E-state index is 12.3. The van der Waals surface area contributed by atoms with Crippen LogP contribution in [0.3, 0.4) is 0 Å². The highest BCUT2D eigenvalue weighted by atomic mass is 19.3. The van der Waals surface area contributed by atoms with Crippen LogP contribution >= 0.6 is 0 Å². The van der Waals surface area contributed by atoms with E-state index in [1.165, 1.54) is 36.8 Å². The first-order valence-corrected chi connectivity index (χ1v) is 7.97. The molecular weight excluding hydrogens is 314 g/mol. The number of alkyl halides is 2. The topological polar surface area (TPSA) is 62.1 Å². The van der Waals surface area contributed by atoms with Gasteiger partial charge in [0, 0.05) is 6.04 Å². The Balaban J connectivity index is 2.05. The van der Waals surface area contributed by atoms with E-state index >= 15 is 0 Å². The Bertz CT molecular complexity index is 635. The summed E-state index contributed by atoms with van der Waals surface area (Å²) in [6.45, 7) is -0.786. The van der Waals surface area contributed by atoms with Crippen LogP contribution in [-0.4, -0.2) is 18.6 Å². The summed E-state index contributed by atoms with van der Waals surface area (Å²) >= 11 is 0. The van der Waals surface area contributed by atoms with Gasteiger partial charge in [0.25, 0.3) is 5.91 Å². The third kappa shape index (κ3) is 5.05. The predicted molar refractivity (Wildman–Crippen MR) is 86.2 cm³/mol. The Morgan fingerprint density at radius 2 is 2.00 bits per heavy atom. The summed E-state index contributed by atoms with van der Waals surface area (Å²) in [6, 6.07) is 7.76. The van der Waals surface area contributed by atoms with Crippen LogP contribution in [0.4, 0.5) is 8.78 Å². The summed E-state index contributed by atoms with van der Waals surface area (Å²) in [4.78, 5) is 12.3. The van der Waals surface area contributed by atoms with E-state index in [1.54, 1.807) is 0 Å². The Hall–Kier alpha value is -2.42. The van der Waals surface area contributed by atoms with E-state index in [4.69, 9.17) is 0 Å². The number of nitrogens with zero attached hydrogens (tertiary/aromatic N) is 1. The van der Waals surface area contributed by atoms with Crippen molar-refractivity contribution in [2.75, 3.05) is 0 Å². The molecule has 2 rings (SSSR count). The highest BCUT2D eigenvalue weighted by Gasteiger charge is 2.24. The van der Waals surface area contributed by atoms with Crippen LogP contribution in [-0.2, 0) is 4.79 Å². The molecule has 0 heterocycles. The minimum atomic E-state index is -2.88. The average Bonchev–Trinajstić information content (AvgIpc) is 2.55. The van der Waals surface area contributed by atoms with Crippen LogP contribution in [0.2, 0.25) is 0 Å². The summed E-state index contributed by atoms with van der Waals surface area (Å²) < 4.78 is 28.5. The van der Waals surface area contributed by atoms with Crippen LogP contribution < -0.4 is 10.1 Å². The number of nitriles is 1. The monoisotopic (exact) mass is 334 g/mol. The number of hydrogen-bond acceptors (Lipinski definition) is 3. The lowest BCUT2D eigenvalue weighted by molar-refractivity contribution is -0.118. The summed E-state index contributed by atoms with van der Waals surface area (Å²) in [5.41, 5.74) is 0.565. The summed E-state index contributed by atoms with van der Waals surface area (Å²) in [5, 5.41) is 12.1. The van der Waals surface area contributed by atoms with Crippen LogP contribution in [0, 0.1) is 17.2 Å². The number of carbonyl (C=O) groups excluding carboxylic acids is 1. The van der Waals surface area contributed by atoms with Gasteiger partial charge in [-0.2, -0.15) is 14.0 Å². The van der Waals surface area contributed by atoms with E-state index in [-0.39, 0.29) is 17.4 Å². The van der Waals surface area contributed by atoms with Gasteiger partial charge in [-0.3, -0.25) is 4.79 Å². The largest absolute Gasteiger partial charge is 0.435 e. The van der Waals surface area contributed by atoms with E-state index in [0.29, 0.717) is 11.5 Å². The molecule has 0 aromatic heterocycles. The molecule has 1 aliphatic rings. The molecule has 0 spiro atoms.